The third-order valence-electron chi connectivity index (χ3n) is 7.21. The average molecular weight is 603 g/mol. The number of alkyl carbamates (subject to hydrolysis) is 1. The van der Waals surface area contributed by atoms with Crippen molar-refractivity contribution in [1.29, 1.82) is 0 Å². The number of nitrogens with one attached hydrogen (secondary N) is 1. The Hall–Kier alpha value is -2.96. The number of carbonyl (C=O) groups excluding carboxylic acids is 2. The lowest BCUT2D eigenvalue weighted by molar-refractivity contribution is -0.133. The predicted molar refractivity (Wildman–Crippen MR) is 149 cm³/mol. The van der Waals surface area contributed by atoms with E-state index in [4.69, 9.17) is 14.6 Å². The van der Waals surface area contributed by atoms with Gasteiger partial charge in [-0.2, -0.15) is 5.10 Å². The van der Waals surface area contributed by atoms with Crippen molar-refractivity contribution in [2.45, 2.75) is 57.5 Å². The van der Waals surface area contributed by atoms with E-state index in [-0.39, 0.29) is 18.1 Å². The van der Waals surface area contributed by atoms with Crippen molar-refractivity contribution < 1.29 is 19.1 Å². The number of likely N-dealkylation sites (tertiary alicyclic amines) is 1. The first-order chi connectivity index (χ1) is 18.6. The maximum atomic E-state index is 13.8. The summed E-state index contributed by atoms with van der Waals surface area (Å²) in [6, 6.07) is 5.32. The fourth-order valence-electron chi connectivity index (χ4n) is 5.28. The molecule has 39 heavy (non-hydrogen) atoms. The quantitative estimate of drug-likeness (QED) is 0.443. The summed E-state index contributed by atoms with van der Waals surface area (Å²) in [6.45, 7) is 9.36. The van der Waals surface area contributed by atoms with Gasteiger partial charge in [0.1, 0.15) is 11.6 Å². The Balaban J connectivity index is 1.26. The van der Waals surface area contributed by atoms with Crippen LogP contribution in [0.1, 0.15) is 26.5 Å². The number of morpholine rings is 1. The zero-order valence-electron chi connectivity index (χ0n) is 22.8. The van der Waals surface area contributed by atoms with Crippen LogP contribution in [0, 0.1) is 0 Å². The molecule has 4 heterocycles. The van der Waals surface area contributed by atoms with Gasteiger partial charge in [0.15, 0.2) is 0 Å². The van der Waals surface area contributed by atoms with Crippen LogP contribution in [0.4, 0.5) is 4.79 Å². The molecule has 2 fully saturated rings. The Kier molecular flexibility index (Phi) is 7.97. The van der Waals surface area contributed by atoms with Crippen molar-refractivity contribution in [2.24, 2.45) is 7.05 Å². The number of hydrogen-bond acceptors (Lipinski definition) is 7. The van der Waals surface area contributed by atoms with Gasteiger partial charge in [0.25, 0.3) is 0 Å². The first-order valence-corrected chi connectivity index (χ1v) is 14.1. The monoisotopic (exact) mass is 601 g/mol. The van der Waals surface area contributed by atoms with Crippen molar-refractivity contribution in [1.82, 2.24) is 34.4 Å². The number of fused-ring (bicyclic) bond motifs is 2. The lowest BCUT2D eigenvalue weighted by Gasteiger charge is -2.36. The van der Waals surface area contributed by atoms with Gasteiger partial charge in [0.05, 0.1) is 37.1 Å². The van der Waals surface area contributed by atoms with E-state index in [2.05, 4.69) is 37.3 Å². The van der Waals surface area contributed by atoms with Gasteiger partial charge in [0.2, 0.25) is 5.91 Å². The minimum absolute atomic E-state index is 0.0765. The molecule has 0 saturated carbocycles. The lowest BCUT2D eigenvalue weighted by atomic mass is 10.1. The van der Waals surface area contributed by atoms with Crippen LogP contribution in [-0.2, 0) is 34.3 Å². The van der Waals surface area contributed by atoms with Crippen LogP contribution in [-0.4, -0.2) is 97.7 Å². The SMILES string of the molecule is Cn1cncc1C[C@H](NC(=O)OC(C)(C)C)C(=O)N1C[C@H]2OCCN(CCn3cc4c(Br)cccc4n3)[C@H]2C1. The molecule has 1 aromatic carbocycles. The van der Waals surface area contributed by atoms with E-state index in [1.807, 2.05) is 39.4 Å². The van der Waals surface area contributed by atoms with Crippen LogP contribution in [0.3, 0.4) is 0 Å². The number of aryl methyl sites for hydroxylation is 1. The summed E-state index contributed by atoms with van der Waals surface area (Å²) in [5.74, 6) is -0.150. The van der Waals surface area contributed by atoms with Gasteiger partial charge in [0, 0.05) is 67.6 Å². The van der Waals surface area contributed by atoms with Gasteiger partial charge in [-0.1, -0.05) is 22.0 Å². The van der Waals surface area contributed by atoms with Crippen molar-refractivity contribution in [3.05, 3.63) is 47.1 Å². The Labute approximate surface area is 236 Å². The van der Waals surface area contributed by atoms with Crippen LogP contribution >= 0.6 is 15.9 Å². The van der Waals surface area contributed by atoms with E-state index >= 15 is 0 Å². The molecular weight excluding hydrogens is 566 g/mol. The van der Waals surface area contributed by atoms with Gasteiger partial charge < -0.3 is 24.3 Å². The first-order valence-electron chi connectivity index (χ1n) is 13.3. The van der Waals surface area contributed by atoms with Crippen LogP contribution < -0.4 is 5.32 Å². The average Bonchev–Trinajstić information content (AvgIpc) is 3.59. The molecule has 3 aromatic rings. The molecular formula is C27H36BrN7O4. The van der Waals surface area contributed by atoms with Crippen LogP contribution in [0.25, 0.3) is 10.9 Å². The molecule has 1 N–H and O–H groups in total. The second kappa shape index (κ2) is 11.3. The molecule has 2 amide bonds. The van der Waals surface area contributed by atoms with Gasteiger partial charge in [-0.15, -0.1) is 0 Å². The second-order valence-electron chi connectivity index (χ2n) is 11.2. The Bertz CT molecular complexity index is 1330. The molecule has 0 aliphatic carbocycles. The van der Waals surface area contributed by atoms with Gasteiger partial charge >= 0.3 is 6.09 Å². The standard InChI is InChI=1S/C27H36BrN7O4/c1-27(2,3)39-26(37)30-22(12-18-13-29-17-32(18)4)25(36)34-15-23-24(16-34)38-11-10-33(23)8-9-35-14-19-20(28)6-5-7-21(19)31-35/h5-7,13-14,17,22-24H,8-12,15-16H2,1-4H3,(H,30,37)/t22-,23-,24+/m0/s1. The smallest absolute Gasteiger partial charge is 0.408 e. The van der Waals surface area contributed by atoms with Crippen molar-refractivity contribution in [3.8, 4) is 0 Å². The Morgan fingerprint density at radius 2 is 2.08 bits per heavy atom. The molecule has 2 aliphatic heterocycles. The summed E-state index contributed by atoms with van der Waals surface area (Å²) < 4.78 is 16.4. The topological polar surface area (TPSA) is 107 Å². The van der Waals surface area contributed by atoms with Gasteiger partial charge in [-0.3, -0.25) is 14.4 Å². The number of carbonyl (C=O) groups is 2. The van der Waals surface area contributed by atoms with E-state index in [0.717, 1.165) is 40.7 Å². The molecule has 2 saturated heterocycles. The Morgan fingerprint density at radius 3 is 2.79 bits per heavy atom. The van der Waals surface area contributed by atoms with Gasteiger partial charge in [-0.25, -0.2) is 9.78 Å². The third-order valence-corrected chi connectivity index (χ3v) is 7.90. The van der Waals surface area contributed by atoms with E-state index in [1.165, 1.54) is 0 Å². The van der Waals surface area contributed by atoms with E-state index < -0.39 is 17.7 Å². The van der Waals surface area contributed by atoms with Crippen molar-refractivity contribution in [3.63, 3.8) is 0 Å². The summed E-state index contributed by atoms with van der Waals surface area (Å²) >= 11 is 3.60. The van der Waals surface area contributed by atoms with Crippen LogP contribution in [0.2, 0.25) is 0 Å². The van der Waals surface area contributed by atoms with Crippen molar-refractivity contribution in [2.75, 3.05) is 32.8 Å². The molecule has 12 heteroatoms. The maximum Gasteiger partial charge on any atom is 0.408 e. The number of hydrogen-bond donors (Lipinski definition) is 1. The normalized spacial score (nSPS) is 20.7. The molecule has 0 spiro atoms. The number of nitrogens with zero attached hydrogens (tertiary/aromatic N) is 6. The molecule has 11 nitrogen and oxygen atoms in total. The molecule has 0 bridgehead atoms. The summed E-state index contributed by atoms with van der Waals surface area (Å²) in [4.78, 5) is 34.8. The highest BCUT2D eigenvalue weighted by atomic mass is 79.9. The number of benzene rings is 1. The zero-order chi connectivity index (χ0) is 27.7. The van der Waals surface area contributed by atoms with Crippen molar-refractivity contribution >= 4 is 38.8 Å². The molecule has 0 radical (unpaired) electrons. The molecule has 2 aromatic heterocycles. The minimum Gasteiger partial charge on any atom is -0.444 e. The number of aromatic nitrogens is 4. The molecule has 0 unspecified atom stereocenters. The highest BCUT2D eigenvalue weighted by molar-refractivity contribution is 9.10. The van der Waals surface area contributed by atoms with Crippen LogP contribution in [0.15, 0.2) is 41.4 Å². The predicted octanol–water partition coefficient (Wildman–Crippen LogP) is 2.58. The van der Waals surface area contributed by atoms with E-state index in [9.17, 15) is 9.59 Å². The number of halogens is 1. The largest absolute Gasteiger partial charge is 0.444 e. The number of amides is 2. The maximum absolute atomic E-state index is 13.8. The molecule has 5 rings (SSSR count). The summed E-state index contributed by atoms with van der Waals surface area (Å²) in [6.07, 6.45) is 5.08. The summed E-state index contributed by atoms with van der Waals surface area (Å²) in [5, 5.41) is 8.61. The number of ether oxygens (including phenoxy) is 2. The first kappa shape index (κ1) is 27.6. The third kappa shape index (κ3) is 6.44. The number of rotatable bonds is 7. The summed E-state index contributed by atoms with van der Waals surface area (Å²) in [5.41, 5.74) is 1.13. The van der Waals surface area contributed by atoms with Gasteiger partial charge in [-0.05, 0) is 32.9 Å². The highest BCUT2D eigenvalue weighted by Gasteiger charge is 2.43. The number of imidazole rings is 1. The lowest BCUT2D eigenvalue weighted by Crippen LogP contribution is -2.52. The second-order valence-corrected chi connectivity index (χ2v) is 12.1. The fourth-order valence-corrected chi connectivity index (χ4v) is 5.74. The minimum atomic E-state index is -0.779. The van der Waals surface area contributed by atoms with E-state index in [0.29, 0.717) is 26.1 Å². The molecule has 2 aliphatic rings. The highest BCUT2D eigenvalue weighted by Crippen LogP contribution is 2.25. The summed E-state index contributed by atoms with van der Waals surface area (Å²) in [7, 11) is 1.87. The fraction of sp³-hybridized carbons (Fsp3) is 0.556. The van der Waals surface area contributed by atoms with Crippen LogP contribution in [0.5, 0.6) is 0 Å². The zero-order valence-corrected chi connectivity index (χ0v) is 24.4. The molecule has 210 valence electrons. The molecule has 3 atom stereocenters. The Morgan fingerprint density at radius 1 is 1.26 bits per heavy atom. The van der Waals surface area contributed by atoms with E-state index in [1.54, 1.807) is 33.3 Å².